The van der Waals surface area contributed by atoms with Crippen LogP contribution in [0, 0.1) is 34.5 Å². The molecular formula is C21H28O13. The van der Waals surface area contributed by atoms with Gasteiger partial charge in [0, 0.05) is 12.8 Å². The molecule has 8 atom stereocenters. The number of aliphatic hydroxyl groups excluding tert-OH is 1. The third kappa shape index (κ3) is 2.93. The van der Waals surface area contributed by atoms with Gasteiger partial charge >= 0.3 is 5.97 Å². The van der Waals surface area contributed by atoms with Crippen LogP contribution in [0.3, 0.4) is 0 Å². The van der Waals surface area contributed by atoms with E-state index in [1.807, 2.05) is 0 Å². The van der Waals surface area contributed by atoms with Gasteiger partial charge in [0.05, 0.1) is 17.4 Å². The van der Waals surface area contributed by atoms with Crippen LogP contribution < -0.4 is 0 Å². The largest absolute Gasteiger partial charge is 0.393 e. The second-order valence-corrected chi connectivity index (χ2v) is 10.8. The lowest BCUT2D eigenvalue weighted by Gasteiger charge is -2.64. The molecule has 13 heteroatoms. The van der Waals surface area contributed by atoms with Crippen molar-refractivity contribution >= 4 is 23.6 Å². The summed E-state index contributed by atoms with van der Waals surface area (Å²) in [6.45, 7) is 1.28. The van der Waals surface area contributed by atoms with E-state index in [1.54, 1.807) is 0 Å². The maximum absolute atomic E-state index is 12.7. The van der Waals surface area contributed by atoms with Crippen LogP contribution in [0.25, 0.3) is 0 Å². The Morgan fingerprint density at radius 1 is 1.06 bits per heavy atom. The van der Waals surface area contributed by atoms with E-state index in [0.717, 1.165) is 0 Å². The molecule has 0 radical (unpaired) electrons. The van der Waals surface area contributed by atoms with Crippen LogP contribution in [0.15, 0.2) is 0 Å². The normalized spacial score (nSPS) is 47.4. The zero-order valence-electron chi connectivity index (χ0n) is 18.2. The summed E-state index contributed by atoms with van der Waals surface area (Å²) in [4.78, 5) is 49.9. The average Bonchev–Trinajstić information content (AvgIpc) is 2.97. The first-order valence-corrected chi connectivity index (χ1v) is 10.9. The molecule has 0 saturated heterocycles. The molecule has 13 nitrogen and oxygen atoms in total. The van der Waals surface area contributed by atoms with Gasteiger partial charge in [-0.1, -0.05) is 6.92 Å². The summed E-state index contributed by atoms with van der Waals surface area (Å²) in [6.07, 6.45) is -4.35. The van der Waals surface area contributed by atoms with Crippen LogP contribution in [0.1, 0.15) is 39.0 Å². The molecule has 34 heavy (non-hydrogen) atoms. The van der Waals surface area contributed by atoms with Crippen LogP contribution in [0.2, 0.25) is 0 Å². The van der Waals surface area contributed by atoms with Gasteiger partial charge in [0.1, 0.15) is 11.9 Å². The molecule has 4 aliphatic carbocycles. The number of hydrogen-bond donors (Lipinski definition) is 9. The van der Waals surface area contributed by atoms with Crippen LogP contribution in [-0.4, -0.2) is 98.8 Å². The Bertz CT molecular complexity index is 966. The maximum Gasteiger partial charge on any atom is 0.342 e. The first-order chi connectivity index (χ1) is 15.3. The first-order valence-electron chi connectivity index (χ1n) is 10.9. The molecule has 0 aromatic rings. The summed E-state index contributed by atoms with van der Waals surface area (Å²) in [7, 11) is 0. The summed E-state index contributed by atoms with van der Waals surface area (Å²) in [5.41, 5.74) is -6.77. The van der Waals surface area contributed by atoms with Crippen molar-refractivity contribution in [3.63, 3.8) is 0 Å². The zero-order chi connectivity index (χ0) is 25.9. The number of Topliss-reactive ketones (excluding diaryl/α,β-unsaturated/α-hetero) is 3. The van der Waals surface area contributed by atoms with E-state index in [4.69, 9.17) is 0 Å². The van der Waals surface area contributed by atoms with E-state index in [0.29, 0.717) is 0 Å². The van der Waals surface area contributed by atoms with E-state index in [2.05, 4.69) is 0 Å². The lowest BCUT2D eigenvalue weighted by Crippen LogP contribution is -2.73. The number of aliphatic hydroxyl groups is 9. The second kappa shape index (κ2) is 6.96. The number of rotatable bonds is 3. The molecule has 0 aliphatic heterocycles. The molecule has 8 unspecified atom stereocenters. The molecule has 9 N–H and O–H groups in total. The highest BCUT2D eigenvalue weighted by Crippen LogP contribution is 2.69. The molecule has 190 valence electrons. The van der Waals surface area contributed by atoms with Crippen molar-refractivity contribution in [2.75, 3.05) is 0 Å². The van der Waals surface area contributed by atoms with Crippen molar-refractivity contribution in [3.05, 3.63) is 0 Å². The fourth-order valence-electron chi connectivity index (χ4n) is 7.97. The van der Waals surface area contributed by atoms with Crippen molar-refractivity contribution in [1.82, 2.24) is 0 Å². The van der Waals surface area contributed by atoms with E-state index in [9.17, 15) is 65.1 Å². The predicted octanol–water partition coefficient (Wildman–Crippen LogP) is -4.56. The van der Waals surface area contributed by atoms with Gasteiger partial charge in [-0.2, -0.15) is 0 Å². The molecular weight excluding hydrogens is 460 g/mol. The minimum Gasteiger partial charge on any atom is -0.393 e. The summed E-state index contributed by atoms with van der Waals surface area (Å²) in [5.74, 6) is -20.1. The van der Waals surface area contributed by atoms with Crippen molar-refractivity contribution in [2.24, 2.45) is 34.5 Å². The number of ketones is 3. The Hall–Kier alpha value is -1.68. The quantitative estimate of drug-likeness (QED) is 0.103. The molecule has 4 aliphatic rings. The SMILES string of the molecule is CC12CC(O)(O)C(=O)C(=O)C1C(O)(O)CC1C2C(O)CC2(C=O)C1CCC2(O)C(=O)C(O)(O)O. The van der Waals surface area contributed by atoms with Gasteiger partial charge in [-0.3, -0.25) is 14.4 Å². The lowest BCUT2D eigenvalue weighted by molar-refractivity contribution is -0.317. The second-order valence-electron chi connectivity index (χ2n) is 10.8. The van der Waals surface area contributed by atoms with Crippen molar-refractivity contribution in [1.29, 1.82) is 0 Å². The fourth-order valence-corrected chi connectivity index (χ4v) is 7.97. The molecule has 0 heterocycles. The van der Waals surface area contributed by atoms with Crippen molar-refractivity contribution in [2.45, 2.75) is 68.3 Å². The van der Waals surface area contributed by atoms with E-state index in [1.165, 1.54) is 6.92 Å². The molecule has 4 fully saturated rings. The fraction of sp³-hybridized carbons (Fsp3) is 0.810. The van der Waals surface area contributed by atoms with Crippen LogP contribution in [0.4, 0.5) is 0 Å². The van der Waals surface area contributed by atoms with Gasteiger partial charge in [-0.15, -0.1) is 0 Å². The van der Waals surface area contributed by atoms with E-state index < -0.39 is 107 Å². The smallest absolute Gasteiger partial charge is 0.342 e. The highest BCUT2D eigenvalue weighted by Gasteiger charge is 2.77. The topological polar surface area (TPSA) is 250 Å². The Morgan fingerprint density at radius 2 is 1.65 bits per heavy atom. The third-order valence-corrected chi connectivity index (χ3v) is 8.98. The van der Waals surface area contributed by atoms with E-state index >= 15 is 0 Å². The summed E-state index contributed by atoms with van der Waals surface area (Å²) >= 11 is 0. The molecule has 0 aromatic heterocycles. The number of fused-ring (bicyclic) bond motifs is 5. The Kier molecular flexibility index (Phi) is 5.20. The molecule has 4 saturated carbocycles. The van der Waals surface area contributed by atoms with Gasteiger partial charge < -0.3 is 50.8 Å². The summed E-state index contributed by atoms with van der Waals surface area (Å²) in [5, 5.41) is 92.7. The highest BCUT2D eigenvalue weighted by molar-refractivity contribution is 6.41. The molecule has 4 rings (SSSR count). The maximum atomic E-state index is 12.7. The van der Waals surface area contributed by atoms with Gasteiger partial charge in [0.25, 0.3) is 11.6 Å². The van der Waals surface area contributed by atoms with Crippen molar-refractivity contribution < 1.29 is 65.1 Å². The van der Waals surface area contributed by atoms with Crippen LogP contribution >= 0.6 is 0 Å². The lowest BCUT2D eigenvalue weighted by atomic mass is 9.41. The van der Waals surface area contributed by atoms with E-state index in [-0.39, 0.29) is 12.7 Å². The van der Waals surface area contributed by atoms with Gasteiger partial charge in [0.15, 0.2) is 5.79 Å². The van der Waals surface area contributed by atoms with Crippen molar-refractivity contribution in [3.8, 4) is 0 Å². The Balaban J connectivity index is 1.86. The Labute approximate surface area is 192 Å². The molecule has 0 bridgehead atoms. The summed E-state index contributed by atoms with van der Waals surface area (Å²) in [6, 6.07) is 0. The molecule has 0 aromatic carbocycles. The minimum absolute atomic E-state index is 0.155. The number of carbonyl (C=O) groups excluding carboxylic acids is 4. The third-order valence-electron chi connectivity index (χ3n) is 8.98. The zero-order valence-corrected chi connectivity index (χ0v) is 18.2. The number of hydrogen-bond acceptors (Lipinski definition) is 13. The predicted molar refractivity (Wildman–Crippen MR) is 103 cm³/mol. The van der Waals surface area contributed by atoms with Crippen LogP contribution in [-0.2, 0) is 19.2 Å². The summed E-state index contributed by atoms with van der Waals surface area (Å²) < 4.78 is 0. The Morgan fingerprint density at radius 3 is 2.18 bits per heavy atom. The number of aldehydes is 1. The van der Waals surface area contributed by atoms with Gasteiger partial charge in [-0.05, 0) is 42.4 Å². The molecule has 0 spiro atoms. The van der Waals surface area contributed by atoms with Crippen LogP contribution in [0.5, 0.6) is 0 Å². The van der Waals surface area contributed by atoms with Gasteiger partial charge in [-0.25, -0.2) is 0 Å². The minimum atomic E-state index is -3.99. The molecule has 0 amide bonds. The highest BCUT2D eigenvalue weighted by atomic mass is 16.7. The monoisotopic (exact) mass is 488 g/mol. The average molecular weight is 488 g/mol. The first kappa shape index (κ1) is 25.4. The standard InChI is InChI=1S/C21H28O13/c1-16-6-20(30,31)14(25)12(24)13(16)19(28,29)4-8-9-2-3-18(27,15(26)21(32,33)34)17(9,7-22)5-10(23)11(8)16/h7-11,13,23,27-34H,2-6H2,1H3. The van der Waals surface area contributed by atoms with Gasteiger partial charge in [0.2, 0.25) is 11.6 Å². The number of carbonyl (C=O) groups is 4.